The molecule has 0 unspecified atom stereocenters. The molecule has 0 fully saturated rings. The van der Waals surface area contributed by atoms with Gasteiger partial charge >= 0.3 is 6.61 Å². The minimum absolute atomic E-state index is 0.0212. The first-order valence-electron chi connectivity index (χ1n) is 7.78. The smallest absolute Gasteiger partial charge is 0.387 e. The quantitative estimate of drug-likeness (QED) is 0.628. The van der Waals surface area contributed by atoms with Crippen LogP contribution in [0.15, 0.2) is 53.4 Å². The molecule has 27 heavy (non-hydrogen) atoms. The molecule has 0 heterocycles. The lowest BCUT2D eigenvalue weighted by molar-refractivity contribution is -0.0498. The first-order valence-corrected chi connectivity index (χ1v) is 9.27. The van der Waals surface area contributed by atoms with Gasteiger partial charge in [-0.1, -0.05) is 0 Å². The second-order valence-corrected chi connectivity index (χ2v) is 7.00. The molecule has 2 N–H and O–H groups in total. The number of ether oxygens (including phenoxy) is 2. The van der Waals surface area contributed by atoms with Crippen LogP contribution < -0.4 is 19.5 Å². The molecule has 1 amide bonds. The van der Waals surface area contributed by atoms with Crippen molar-refractivity contribution in [3.05, 3.63) is 54.1 Å². The number of sulfonamides is 1. The fourth-order valence-corrected chi connectivity index (χ4v) is 3.12. The maximum Gasteiger partial charge on any atom is 0.387 e. The van der Waals surface area contributed by atoms with Crippen molar-refractivity contribution < 1.29 is 31.5 Å². The molecule has 0 spiro atoms. The molecule has 0 aliphatic heterocycles. The fourth-order valence-electron chi connectivity index (χ4n) is 2.09. The Labute approximate surface area is 155 Å². The largest absolute Gasteiger partial charge is 0.497 e. The predicted octanol–water partition coefficient (Wildman–Crippen LogP) is 2.00. The number of methoxy groups -OCH3 is 1. The number of carbonyl (C=O) groups is 1. The average molecular weight is 400 g/mol. The van der Waals surface area contributed by atoms with Gasteiger partial charge in [0.05, 0.1) is 12.0 Å². The van der Waals surface area contributed by atoms with E-state index in [0.29, 0.717) is 5.75 Å². The van der Waals surface area contributed by atoms with Crippen LogP contribution in [0.1, 0.15) is 10.4 Å². The number of rotatable bonds is 9. The number of halogens is 2. The van der Waals surface area contributed by atoms with Gasteiger partial charge in [-0.05, 0) is 48.5 Å². The highest BCUT2D eigenvalue weighted by molar-refractivity contribution is 7.89. The van der Waals surface area contributed by atoms with Gasteiger partial charge in [-0.15, -0.1) is 0 Å². The minimum atomic E-state index is -3.71. The summed E-state index contributed by atoms with van der Waals surface area (Å²) in [5.74, 6) is 0.00206. The van der Waals surface area contributed by atoms with Gasteiger partial charge in [0.25, 0.3) is 5.91 Å². The van der Waals surface area contributed by atoms with Crippen molar-refractivity contribution in [3.63, 3.8) is 0 Å². The Morgan fingerprint density at radius 3 is 2.15 bits per heavy atom. The maximum absolute atomic E-state index is 12.1. The van der Waals surface area contributed by atoms with Crippen LogP contribution in [0.4, 0.5) is 8.78 Å². The third-order valence-electron chi connectivity index (χ3n) is 3.41. The molecular formula is C17H18F2N2O5S. The van der Waals surface area contributed by atoms with Crippen LogP contribution in [0.2, 0.25) is 0 Å². The zero-order valence-electron chi connectivity index (χ0n) is 14.3. The van der Waals surface area contributed by atoms with E-state index >= 15 is 0 Å². The van der Waals surface area contributed by atoms with Crippen LogP contribution in [0.25, 0.3) is 0 Å². The summed E-state index contributed by atoms with van der Waals surface area (Å²) in [7, 11) is -2.23. The van der Waals surface area contributed by atoms with Gasteiger partial charge in [-0.25, -0.2) is 13.1 Å². The topological polar surface area (TPSA) is 93.7 Å². The van der Waals surface area contributed by atoms with E-state index in [1.165, 1.54) is 55.6 Å². The Hall–Kier alpha value is -2.72. The molecule has 2 aromatic carbocycles. The lowest BCUT2D eigenvalue weighted by atomic mass is 10.2. The summed E-state index contributed by atoms with van der Waals surface area (Å²) in [6.07, 6.45) is 0. The second kappa shape index (κ2) is 9.28. The Bertz CT molecular complexity index is 856. The number of hydrogen-bond acceptors (Lipinski definition) is 5. The van der Waals surface area contributed by atoms with E-state index < -0.39 is 22.5 Å². The van der Waals surface area contributed by atoms with Crippen LogP contribution in [0, 0.1) is 0 Å². The molecule has 0 atom stereocenters. The van der Waals surface area contributed by atoms with E-state index in [1.54, 1.807) is 0 Å². The number of alkyl halides is 2. The third kappa shape index (κ3) is 6.19. The standard InChI is InChI=1S/C17H18F2N2O5S/c1-25-13-6-8-15(9-7-13)27(23,24)21-11-10-20-16(22)12-2-4-14(5-3-12)26-17(18)19/h2-9,17,21H,10-11H2,1H3,(H,20,22). The van der Waals surface area contributed by atoms with E-state index in [2.05, 4.69) is 14.8 Å². The van der Waals surface area contributed by atoms with Crippen molar-refractivity contribution in [1.29, 1.82) is 0 Å². The van der Waals surface area contributed by atoms with Crippen molar-refractivity contribution in [3.8, 4) is 11.5 Å². The third-order valence-corrected chi connectivity index (χ3v) is 4.89. The normalized spacial score (nSPS) is 11.3. The van der Waals surface area contributed by atoms with E-state index in [1.807, 2.05) is 0 Å². The van der Waals surface area contributed by atoms with Crippen molar-refractivity contribution in [2.24, 2.45) is 0 Å². The first-order chi connectivity index (χ1) is 12.8. The number of hydrogen-bond donors (Lipinski definition) is 2. The molecular weight excluding hydrogens is 382 g/mol. The fraction of sp³-hybridized carbons (Fsp3) is 0.235. The second-order valence-electron chi connectivity index (χ2n) is 5.23. The molecule has 0 saturated heterocycles. The van der Waals surface area contributed by atoms with Crippen LogP contribution >= 0.6 is 0 Å². The molecule has 0 bridgehead atoms. The molecule has 10 heteroatoms. The molecule has 0 aromatic heterocycles. The summed E-state index contributed by atoms with van der Waals surface area (Å²) in [5.41, 5.74) is 0.231. The van der Waals surface area contributed by atoms with Crippen molar-refractivity contribution in [2.75, 3.05) is 20.2 Å². The zero-order valence-corrected chi connectivity index (χ0v) is 15.1. The van der Waals surface area contributed by atoms with Crippen molar-refractivity contribution in [1.82, 2.24) is 10.0 Å². The summed E-state index contributed by atoms with van der Waals surface area (Å²) in [6.45, 7) is -2.92. The van der Waals surface area contributed by atoms with E-state index in [4.69, 9.17) is 4.74 Å². The highest BCUT2D eigenvalue weighted by Crippen LogP contribution is 2.16. The number of carbonyl (C=O) groups excluding carboxylic acids is 1. The van der Waals surface area contributed by atoms with Gasteiger partial charge in [-0.3, -0.25) is 4.79 Å². The van der Waals surface area contributed by atoms with Gasteiger partial charge in [0, 0.05) is 18.7 Å². The molecule has 0 aliphatic carbocycles. The molecule has 0 radical (unpaired) electrons. The van der Waals surface area contributed by atoms with Crippen LogP contribution in [0.5, 0.6) is 11.5 Å². The summed E-state index contributed by atoms with van der Waals surface area (Å²) < 4.78 is 59.9. The van der Waals surface area contributed by atoms with E-state index in [0.717, 1.165) is 0 Å². The molecule has 2 aromatic rings. The van der Waals surface area contributed by atoms with Crippen molar-refractivity contribution in [2.45, 2.75) is 11.5 Å². The lowest BCUT2D eigenvalue weighted by Crippen LogP contribution is -2.34. The van der Waals surface area contributed by atoms with Gasteiger partial charge in [0.15, 0.2) is 0 Å². The molecule has 0 aliphatic rings. The van der Waals surface area contributed by atoms with Crippen LogP contribution in [-0.4, -0.2) is 41.1 Å². The number of amides is 1. The van der Waals surface area contributed by atoms with Gasteiger partial charge in [0.1, 0.15) is 11.5 Å². The SMILES string of the molecule is COc1ccc(S(=O)(=O)NCCNC(=O)c2ccc(OC(F)F)cc2)cc1. The Morgan fingerprint density at radius 1 is 1.00 bits per heavy atom. The molecule has 146 valence electrons. The molecule has 0 saturated carbocycles. The van der Waals surface area contributed by atoms with Crippen molar-refractivity contribution >= 4 is 15.9 Å². The molecule has 7 nitrogen and oxygen atoms in total. The Balaban J connectivity index is 1.82. The summed E-state index contributed by atoms with van der Waals surface area (Å²) in [5, 5.41) is 2.53. The number of benzene rings is 2. The summed E-state index contributed by atoms with van der Waals surface area (Å²) >= 11 is 0. The van der Waals surface area contributed by atoms with E-state index in [-0.39, 0.29) is 29.3 Å². The Kier molecular flexibility index (Phi) is 7.08. The highest BCUT2D eigenvalue weighted by Gasteiger charge is 2.14. The highest BCUT2D eigenvalue weighted by atomic mass is 32.2. The minimum Gasteiger partial charge on any atom is -0.497 e. The summed E-state index contributed by atoms with van der Waals surface area (Å²) in [4.78, 5) is 12.0. The Morgan fingerprint density at radius 2 is 1.59 bits per heavy atom. The van der Waals surface area contributed by atoms with Crippen LogP contribution in [-0.2, 0) is 10.0 Å². The number of nitrogens with one attached hydrogen (secondary N) is 2. The lowest BCUT2D eigenvalue weighted by Gasteiger charge is -2.09. The van der Waals surface area contributed by atoms with E-state index in [9.17, 15) is 22.0 Å². The van der Waals surface area contributed by atoms with Gasteiger partial charge in [-0.2, -0.15) is 8.78 Å². The predicted molar refractivity (Wildman–Crippen MR) is 93.6 cm³/mol. The summed E-state index contributed by atoms with van der Waals surface area (Å²) in [6, 6.07) is 11.0. The van der Waals surface area contributed by atoms with Crippen LogP contribution in [0.3, 0.4) is 0 Å². The van der Waals surface area contributed by atoms with Gasteiger partial charge in [0.2, 0.25) is 10.0 Å². The molecule has 2 rings (SSSR count). The maximum atomic E-state index is 12.1. The monoisotopic (exact) mass is 400 g/mol. The first kappa shape index (κ1) is 20.6. The zero-order chi connectivity index (χ0) is 19.9. The average Bonchev–Trinajstić information content (AvgIpc) is 2.65. The van der Waals surface area contributed by atoms with Gasteiger partial charge < -0.3 is 14.8 Å².